The number of carbonyl (C=O) groups excluding carboxylic acids is 2. The fourth-order valence-corrected chi connectivity index (χ4v) is 3.76. The van der Waals surface area contributed by atoms with Gasteiger partial charge in [-0.2, -0.15) is 0 Å². The van der Waals surface area contributed by atoms with Gasteiger partial charge in [0, 0.05) is 45.6 Å². The number of amides is 3. The zero-order valence-corrected chi connectivity index (χ0v) is 18.6. The lowest BCUT2D eigenvalue weighted by Gasteiger charge is -2.39. The number of nitrogens with one attached hydrogen (secondary N) is 1. The molecular weight excluding hydrogens is 410 g/mol. The highest BCUT2D eigenvalue weighted by Crippen LogP contribution is 2.24. The monoisotopic (exact) mass is 437 g/mol. The van der Waals surface area contributed by atoms with Gasteiger partial charge in [-0.1, -0.05) is 0 Å². The molecule has 0 bridgehead atoms. The van der Waals surface area contributed by atoms with Gasteiger partial charge in [-0.15, -0.1) is 10.2 Å². The molecule has 2 aromatic heterocycles. The van der Waals surface area contributed by atoms with Gasteiger partial charge in [-0.3, -0.25) is 14.1 Å². The first-order valence-corrected chi connectivity index (χ1v) is 10.3. The second kappa shape index (κ2) is 8.83. The normalized spacial score (nSPS) is 16.8. The molecule has 1 aromatic carbocycles. The first-order chi connectivity index (χ1) is 15.4. The summed E-state index contributed by atoms with van der Waals surface area (Å²) < 4.78 is 6.98. The van der Waals surface area contributed by atoms with Crippen molar-refractivity contribution in [2.75, 3.05) is 53.2 Å². The highest BCUT2D eigenvalue weighted by atomic mass is 16.5. The molecule has 1 atom stereocenters. The maximum atomic E-state index is 12.8. The average molecular weight is 438 g/mol. The zero-order chi connectivity index (χ0) is 22.8. The van der Waals surface area contributed by atoms with E-state index in [0.717, 1.165) is 12.3 Å². The summed E-state index contributed by atoms with van der Waals surface area (Å²) in [5.74, 6) is 1.17. The third-order valence-corrected chi connectivity index (χ3v) is 5.64. The highest BCUT2D eigenvalue weighted by Gasteiger charge is 2.32. The number of rotatable bonds is 4. The van der Waals surface area contributed by atoms with Crippen molar-refractivity contribution in [3.05, 3.63) is 54.0 Å². The van der Waals surface area contributed by atoms with Gasteiger partial charge in [0.2, 0.25) is 0 Å². The predicted molar refractivity (Wildman–Crippen MR) is 120 cm³/mol. The maximum absolute atomic E-state index is 12.8. The summed E-state index contributed by atoms with van der Waals surface area (Å²) in [5, 5.41) is 11.5. The van der Waals surface area contributed by atoms with Gasteiger partial charge in [-0.05, 0) is 43.4 Å². The molecule has 0 saturated carbocycles. The van der Waals surface area contributed by atoms with Crippen LogP contribution in [0.4, 0.5) is 10.5 Å². The number of piperazine rings is 1. The fraction of sp³-hybridized carbons (Fsp3) is 0.364. The van der Waals surface area contributed by atoms with Crippen LogP contribution in [0.25, 0.3) is 5.65 Å². The third-order valence-electron chi connectivity index (χ3n) is 5.64. The topological polar surface area (TPSA) is 95.3 Å². The van der Waals surface area contributed by atoms with Crippen molar-refractivity contribution in [2.24, 2.45) is 0 Å². The molecule has 3 amide bonds. The summed E-state index contributed by atoms with van der Waals surface area (Å²) in [5.41, 5.74) is 1.80. The lowest BCUT2D eigenvalue weighted by Crippen LogP contribution is -2.52. The van der Waals surface area contributed by atoms with Gasteiger partial charge in [0.05, 0.1) is 18.7 Å². The number of hydrogen-bond donors (Lipinski definition) is 1. The van der Waals surface area contributed by atoms with Crippen molar-refractivity contribution in [1.82, 2.24) is 29.3 Å². The van der Waals surface area contributed by atoms with Gasteiger partial charge < -0.3 is 19.9 Å². The van der Waals surface area contributed by atoms with Gasteiger partial charge in [0.25, 0.3) is 5.91 Å². The Labute approximate surface area is 186 Å². The number of benzene rings is 1. The van der Waals surface area contributed by atoms with Crippen LogP contribution >= 0.6 is 0 Å². The number of likely N-dealkylation sites (N-methyl/N-ethyl adjacent to an activating group) is 1. The second-order valence-corrected chi connectivity index (χ2v) is 8.01. The summed E-state index contributed by atoms with van der Waals surface area (Å²) in [6, 6.07) is 10.5. The fourth-order valence-electron chi connectivity index (χ4n) is 3.76. The van der Waals surface area contributed by atoms with E-state index in [1.165, 1.54) is 0 Å². The molecule has 3 aromatic rings. The summed E-state index contributed by atoms with van der Waals surface area (Å²) in [7, 11) is 7.09. The first kappa shape index (κ1) is 21.6. The Kier molecular flexibility index (Phi) is 5.95. The molecule has 0 spiro atoms. The van der Waals surface area contributed by atoms with E-state index < -0.39 is 0 Å². The van der Waals surface area contributed by atoms with Crippen LogP contribution in [-0.2, 0) is 0 Å². The van der Waals surface area contributed by atoms with E-state index in [-0.39, 0.29) is 18.0 Å². The van der Waals surface area contributed by atoms with E-state index in [9.17, 15) is 9.59 Å². The number of anilines is 1. The van der Waals surface area contributed by atoms with E-state index in [1.807, 2.05) is 16.3 Å². The van der Waals surface area contributed by atoms with Crippen molar-refractivity contribution < 1.29 is 14.3 Å². The van der Waals surface area contributed by atoms with Crippen molar-refractivity contribution >= 4 is 23.3 Å². The Morgan fingerprint density at radius 2 is 1.84 bits per heavy atom. The standard InChI is InChI=1S/C22H27N7O3/c1-26(2)22(31)28-12-11-27(3)18(14-28)20-25-24-19-10-5-15(13-29(19)20)21(30)23-16-6-8-17(32-4)9-7-16/h5-10,13,18H,11-12,14H2,1-4H3,(H,23,30)/t18-/m0/s1. The molecule has 1 fully saturated rings. The zero-order valence-electron chi connectivity index (χ0n) is 18.6. The largest absolute Gasteiger partial charge is 0.497 e. The second-order valence-electron chi connectivity index (χ2n) is 8.01. The lowest BCUT2D eigenvalue weighted by atomic mass is 10.1. The third kappa shape index (κ3) is 4.22. The van der Waals surface area contributed by atoms with Crippen LogP contribution in [-0.4, -0.2) is 89.1 Å². The molecule has 1 N–H and O–H groups in total. The number of hydrogen-bond acceptors (Lipinski definition) is 6. The maximum Gasteiger partial charge on any atom is 0.319 e. The average Bonchev–Trinajstić information content (AvgIpc) is 3.22. The molecule has 0 unspecified atom stereocenters. The number of urea groups is 1. The van der Waals surface area contributed by atoms with Crippen LogP contribution in [0.1, 0.15) is 22.2 Å². The molecule has 1 saturated heterocycles. The van der Waals surface area contributed by atoms with E-state index in [1.54, 1.807) is 68.7 Å². The van der Waals surface area contributed by atoms with Gasteiger partial charge in [-0.25, -0.2) is 4.79 Å². The number of carbonyl (C=O) groups is 2. The highest BCUT2D eigenvalue weighted by molar-refractivity contribution is 6.04. The number of pyridine rings is 1. The van der Waals surface area contributed by atoms with Gasteiger partial charge in [0.15, 0.2) is 11.5 Å². The summed E-state index contributed by atoms with van der Waals surface area (Å²) in [4.78, 5) is 30.8. The summed E-state index contributed by atoms with van der Waals surface area (Å²) in [6.07, 6.45) is 1.74. The molecule has 1 aliphatic rings. The summed E-state index contributed by atoms with van der Waals surface area (Å²) in [6.45, 7) is 1.86. The number of aromatic nitrogens is 3. The van der Waals surface area contributed by atoms with Crippen LogP contribution in [0.5, 0.6) is 5.75 Å². The van der Waals surface area contributed by atoms with Crippen LogP contribution in [0.2, 0.25) is 0 Å². The number of fused-ring (bicyclic) bond motifs is 1. The van der Waals surface area contributed by atoms with E-state index in [2.05, 4.69) is 20.4 Å². The van der Waals surface area contributed by atoms with Crippen LogP contribution < -0.4 is 10.1 Å². The molecule has 4 rings (SSSR count). The van der Waals surface area contributed by atoms with Crippen LogP contribution in [0.15, 0.2) is 42.6 Å². The van der Waals surface area contributed by atoms with Crippen molar-refractivity contribution in [2.45, 2.75) is 6.04 Å². The summed E-state index contributed by atoms with van der Waals surface area (Å²) >= 11 is 0. The Balaban J connectivity index is 1.59. The van der Waals surface area contributed by atoms with Crippen LogP contribution in [0.3, 0.4) is 0 Å². The Morgan fingerprint density at radius 3 is 2.53 bits per heavy atom. The van der Waals surface area contributed by atoms with Crippen molar-refractivity contribution in [3.63, 3.8) is 0 Å². The molecule has 10 heteroatoms. The molecule has 10 nitrogen and oxygen atoms in total. The lowest BCUT2D eigenvalue weighted by molar-refractivity contribution is 0.0933. The predicted octanol–water partition coefficient (Wildman–Crippen LogP) is 1.96. The molecule has 0 radical (unpaired) electrons. The Hall–Kier alpha value is -3.66. The van der Waals surface area contributed by atoms with E-state index in [4.69, 9.17) is 4.74 Å². The molecule has 3 heterocycles. The molecule has 1 aliphatic heterocycles. The molecule has 0 aliphatic carbocycles. The Morgan fingerprint density at radius 1 is 1.09 bits per heavy atom. The minimum Gasteiger partial charge on any atom is -0.497 e. The van der Waals surface area contributed by atoms with E-state index >= 15 is 0 Å². The molecule has 32 heavy (non-hydrogen) atoms. The number of methoxy groups -OCH3 is 1. The van der Waals surface area contributed by atoms with Crippen molar-refractivity contribution in [3.8, 4) is 5.75 Å². The van der Waals surface area contributed by atoms with Gasteiger partial charge >= 0.3 is 6.03 Å². The van der Waals surface area contributed by atoms with Gasteiger partial charge in [0.1, 0.15) is 5.75 Å². The Bertz CT molecular complexity index is 1130. The minimum absolute atomic E-state index is 0.0310. The minimum atomic E-state index is -0.238. The van der Waals surface area contributed by atoms with Crippen molar-refractivity contribution in [1.29, 1.82) is 0 Å². The smallest absolute Gasteiger partial charge is 0.319 e. The van der Waals surface area contributed by atoms with Crippen LogP contribution in [0, 0.1) is 0 Å². The first-order valence-electron chi connectivity index (χ1n) is 10.3. The molecule has 168 valence electrons. The number of nitrogens with zero attached hydrogens (tertiary/aromatic N) is 6. The SMILES string of the molecule is COc1ccc(NC(=O)c2ccc3nnc([C@@H]4CN(C(=O)N(C)C)CCN4C)n3c2)cc1. The molecular formula is C22H27N7O3. The van der Waals surface area contributed by atoms with E-state index in [0.29, 0.717) is 35.8 Å². The number of ether oxygens (including phenoxy) is 1. The quantitative estimate of drug-likeness (QED) is 0.671.